The van der Waals surface area contributed by atoms with E-state index in [-0.39, 0.29) is 36.3 Å². The molecule has 6 nitrogen and oxygen atoms in total. The first-order valence-electron chi connectivity index (χ1n) is 10.6. The third kappa shape index (κ3) is 4.71. The molecule has 0 aliphatic carbocycles. The third-order valence-corrected chi connectivity index (χ3v) is 6.38. The van der Waals surface area contributed by atoms with Crippen LogP contribution >= 0.6 is 0 Å². The van der Waals surface area contributed by atoms with Crippen molar-refractivity contribution in [3.63, 3.8) is 0 Å². The molecule has 4 rings (SSSR count). The summed E-state index contributed by atoms with van der Waals surface area (Å²) in [6.07, 6.45) is 3.25. The average molecular weight is 404 g/mol. The highest BCUT2D eigenvalue weighted by Crippen LogP contribution is 2.29. The number of urea groups is 1. The lowest BCUT2D eigenvalue weighted by Crippen LogP contribution is -2.54. The number of carbonyl (C=O) groups excluding carboxylic acids is 2. The molecule has 3 aliphatic rings. The summed E-state index contributed by atoms with van der Waals surface area (Å²) < 4.78 is 24.7. The molecule has 3 saturated heterocycles. The van der Waals surface area contributed by atoms with Crippen LogP contribution < -0.4 is 4.74 Å². The highest BCUT2D eigenvalue weighted by molar-refractivity contribution is 5.81. The lowest BCUT2D eigenvalue weighted by molar-refractivity contribution is -0.140. The van der Waals surface area contributed by atoms with Crippen molar-refractivity contribution in [1.29, 1.82) is 0 Å². The monoisotopic (exact) mass is 404 g/mol. The lowest BCUT2D eigenvalue weighted by Gasteiger charge is -2.43. The van der Waals surface area contributed by atoms with Crippen LogP contribution in [-0.2, 0) is 9.53 Å². The summed E-state index contributed by atoms with van der Waals surface area (Å²) in [4.78, 5) is 28.4. The first-order valence-corrected chi connectivity index (χ1v) is 10.6. The molecule has 0 unspecified atom stereocenters. The zero-order chi connectivity index (χ0) is 20.4. The smallest absolute Gasteiger partial charge is 0.320 e. The van der Waals surface area contributed by atoms with Gasteiger partial charge in [0.05, 0.1) is 12.7 Å². The Balaban J connectivity index is 1.24. The van der Waals surface area contributed by atoms with Crippen molar-refractivity contribution in [3.05, 3.63) is 29.6 Å². The van der Waals surface area contributed by atoms with Crippen LogP contribution in [0.3, 0.4) is 0 Å². The highest BCUT2D eigenvalue weighted by atomic mass is 19.1. The molecule has 0 saturated carbocycles. The number of ether oxygens (including phenoxy) is 2. The van der Waals surface area contributed by atoms with Gasteiger partial charge in [0.2, 0.25) is 0 Å². The van der Waals surface area contributed by atoms with Gasteiger partial charge in [-0.25, -0.2) is 9.18 Å². The molecule has 158 valence electrons. The molecular weight excluding hydrogens is 375 g/mol. The van der Waals surface area contributed by atoms with Crippen LogP contribution in [0.2, 0.25) is 0 Å². The van der Waals surface area contributed by atoms with E-state index in [1.807, 2.05) is 16.7 Å². The van der Waals surface area contributed by atoms with Crippen molar-refractivity contribution >= 4 is 11.8 Å². The van der Waals surface area contributed by atoms with Crippen molar-refractivity contribution < 1.29 is 23.5 Å². The Morgan fingerprint density at radius 3 is 2.72 bits per heavy atom. The minimum absolute atomic E-state index is 0.0789. The number of benzene rings is 1. The summed E-state index contributed by atoms with van der Waals surface area (Å²) in [5.41, 5.74) is 0.797. The number of likely N-dealkylation sites (tertiary alicyclic amines) is 2. The van der Waals surface area contributed by atoms with Crippen LogP contribution in [0.15, 0.2) is 18.2 Å². The third-order valence-electron chi connectivity index (χ3n) is 6.38. The van der Waals surface area contributed by atoms with E-state index in [9.17, 15) is 14.0 Å². The maximum atomic E-state index is 13.2. The fraction of sp³-hybridized carbons (Fsp3) is 0.636. The topological polar surface area (TPSA) is 59.1 Å². The van der Waals surface area contributed by atoms with Gasteiger partial charge in [0.25, 0.3) is 0 Å². The molecule has 3 aliphatic heterocycles. The minimum Gasteiger partial charge on any atom is -0.493 e. The van der Waals surface area contributed by atoms with E-state index >= 15 is 0 Å². The normalized spacial score (nSPS) is 25.7. The second kappa shape index (κ2) is 8.69. The van der Waals surface area contributed by atoms with Gasteiger partial charge >= 0.3 is 6.03 Å². The lowest BCUT2D eigenvalue weighted by atomic mass is 9.88. The number of nitrogens with zero attached hydrogens (tertiary/aromatic N) is 2. The number of hydrogen-bond acceptors (Lipinski definition) is 4. The molecule has 3 fully saturated rings. The molecule has 29 heavy (non-hydrogen) atoms. The standard InChI is InChI=1S/C22H29FN2O4/c1-15-10-18(23)2-3-20(15)28-13-16-4-7-24(8-5-16)22(27)25-9-6-21-17(12-25)11-19(26)14-29-21/h2-3,10,16-17,21H,4-9,11-14H2,1H3/t17-,21+/m1/s1. The van der Waals surface area contributed by atoms with Gasteiger partial charge in [-0.15, -0.1) is 0 Å². The molecule has 2 atom stereocenters. The van der Waals surface area contributed by atoms with Crippen LogP contribution in [0.5, 0.6) is 5.75 Å². The fourth-order valence-corrected chi connectivity index (χ4v) is 4.62. The first-order chi connectivity index (χ1) is 14.0. The summed E-state index contributed by atoms with van der Waals surface area (Å²) in [6, 6.07) is 4.64. The fourth-order valence-electron chi connectivity index (χ4n) is 4.62. The predicted molar refractivity (Wildman–Crippen MR) is 105 cm³/mol. The van der Waals surface area contributed by atoms with Crippen molar-refractivity contribution in [2.45, 2.75) is 38.7 Å². The molecule has 1 aromatic rings. The summed E-state index contributed by atoms with van der Waals surface area (Å²) >= 11 is 0. The Kier molecular flexibility index (Phi) is 6.04. The number of carbonyl (C=O) groups is 2. The first kappa shape index (κ1) is 20.1. The molecule has 3 heterocycles. The number of piperidine rings is 2. The molecule has 0 radical (unpaired) electrons. The molecule has 0 aromatic heterocycles. The number of Topliss-reactive ketones (excluding diaryl/α,β-unsaturated/α-hetero) is 1. The van der Waals surface area contributed by atoms with E-state index in [1.165, 1.54) is 12.1 Å². The Morgan fingerprint density at radius 2 is 1.97 bits per heavy atom. The number of rotatable bonds is 3. The Morgan fingerprint density at radius 1 is 1.21 bits per heavy atom. The molecular formula is C22H29FN2O4. The number of amides is 2. The van der Waals surface area contributed by atoms with Gasteiger partial charge in [0.15, 0.2) is 5.78 Å². The number of fused-ring (bicyclic) bond motifs is 1. The van der Waals surface area contributed by atoms with Crippen LogP contribution in [0.1, 0.15) is 31.2 Å². The van der Waals surface area contributed by atoms with Crippen molar-refractivity contribution in [2.75, 3.05) is 39.4 Å². The van der Waals surface area contributed by atoms with Crippen molar-refractivity contribution in [1.82, 2.24) is 9.80 Å². The van der Waals surface area contributed by atoms with E-state index in [4.69, 9.17) is 9.47 Å². The summed E-state index contributed by atoms with van der Waals surface area (Å²) in [7, 11) is 0. The second-order valence-electron chi connectivity index (χ2n) is 8.52. The molecule has 0 spiro atoms. The van der Waals surface area contributed by atoms with E-state index in [1.54, 1.807) is 6.07 Å². The van der Waals surface area contributed by atoms with E-state index in [0.29, 0.717) is 32.0 Å². The number of halogens is 1. The molecule has 0 N–H and O–H groups in total. The molecule has 0 bridgehead atoms. The summed E-state index contributed by atoms with van der Waals surface area (Å²) in [5, 5.41) is 0. The minimum atomic E-state index is -0.255. The van der Waals surface area contributed by atoms with Gasteiger partial charge < -0.3 is 19.3 Å². The van der Waals surface area contributed by atoms with Crippen LogP contribution in [0.25, 0.3) is 0 Å². The van der Waals surface area contributed by atoms with Gasteiger partial charge in [0, 0.05) is 38.5 Å². The molecule has 1 aromatic carbocycles. The van der Waals surface area contributed by atoms with Gasteiger partial charge in [0.1, 0.15) is 18.2 Å². The maximum absolute atomic E-state index is 13.2. The zero-order valence-corrected chi connectivity index (χ0v) is 16.9. The average Bonchev–Trinajstić information content (AvgIpc) is 2.72. The van der Waals surface area contributed by atoms with Crippen LogP contribution in [0, 0.1) is 24.6 Å². The van der Waals surface area contributed by atoms with Gasteiger partial charge in [-0.05, 0) is 55.9 Å². The van der Waals surface area contributed by atoms with Gasteiger partial charge in [-0.3, -0.25) is 4.79 Å². The summed E-state index contributed by atoms with van der Waals surface area (Å²) in [5.74, 6) is 1.13. The zero-order valence-electron chi connectivity index (χ0n) is 16.9. The largest absolute Gasteiger partial charge is 0.493 e. The van der Waals surface area contributed by atoms with Crippen LogP contribution in [0.4, 0.5) is 9.18 Å². The number of ketones is 1. The van der Waals surface area contributed by atoms with Gasteiger partial charge in [-0.1, -0.05) is 0 Å². The number of hydrogen-bond donors (Lipinski definition) is 0. The van der Waals surface area contributed by atoms with E-state index in [2.05, 4.69) is 0 Å². The second-order valence-corrected chi connectivity index (χ2v) is 8.52. The summed E-state index contributed by atoms with van der Waals surface area (Å²) in [6.45, 7) is 5.39. The Labute approximate surface area is 170 Å². The van der Waals surface area contributed by atoms with Crippen LogP contribution in [-0.4, -0.2) is 67.1 Å². The quantitative estimate of drug-likeness (QED) is 0.777. The predicted octanol–water partition coefficient (Wildman–Crippen LogP) is 3.02. The van der Waals surface area contributed by atoms with Crippen molar-refractivity contribution in [2.24, 2.45) is 11.8 Å². The van der Waals surface area contributed by atoms with Crippen molar-refractivity contribution in [3.8, 4) is 5.75 Å². The van der Waals surface area contributed by atoms with E-state index in [0.717, 1.165) is 43.7 Å². The van der Waals surface area contributed by atoms with E-state index < -0.39 is 0 Å². The highest BCUT2D eigenvalue weighted by Gasteiger charge is 2.38. The SMILES string of the molecule is Cc1cc(F)ccc1OCC1CCN(C(=O)N2CC[C@@H]3OCC(=O)C[C@@H]3C2)CC1. The Hall–Kier alpha value is -2.15. The number of aryl methyl sites for hydroxylation is 1. The van der Waals surface area contributed by atoms with Gasteiger partial charge in [-0.2, -0.15) is 0 Å². The Bertz CT molecular complexity index is 763. The molecule has 2 amide bonds. The maximum Gasteiger partial charge on any atom is 0.320 e. The molecule has 7 heteroatoms.